The lowest BCUT2D eigenvalue weighted by Gasteiger charge is -2.39. The molecule has 0 aromatic rings. The first kappa shape index (κ1) is 12.0. The molecule has 0 aromatic heterocycles. The molecule has 1 fully saturated rings. The molecule has 0 saturated carbocycles. The second kappa shape index (κ2) is 5.69. The van der Waals surface area contributed by atoms with Crippen molar-refractivity contribution in [1.82, 2.24) is 4.90 Å². The number of aliphatic hydroxyl groups is 1. The van der Waals surface area contributed by atoms with Crippen LogP contribution in [0.4, 0.5) is 0 Å². The summed E-state index contributed by atoms with van der Waals surface area (Å²) in [6.45, 7) is 6.63. The summed E-state index contributed by atoms with van der Waals surface area (Å²) >= 11 is 0. The highest BCUT2D eigenvalue weighted by Gasteiger charge is 2.26. The lowest BCUT2D eigenvalue weighted by atomic mass is 9.93. The Bertz CT molecular complexity index is 161. The SMILES string of the molecule is CCC1CCCN(C(CO)C(C)N)C1. The summed E-state index contributed by atoms with van der Waals surface area (Å²) in [5, 5.41) is 9.29. The van der Waals surface area contributed by atoms with Crippen molar-refractivity contribution in [1.29, 1.82) is 0 Å². The van der Waals surface area contributed by atoms with Gasteiger partial charge in [-0.1, -0.05) is 13.3 Å². The smallest absolute Gasteiger partial charge is 0.0601 e. The number of nitrogens with zero attached hydrogens (tertiary/aromatic N) is 1. The second-order valence-electron chi connectivity index (χ2n) is 4.52. The van der Waals surface area contributed by atoms with Crippen molar-refractivity contribution in [2.45, 2.75) is 45.2 Å². The summed E-state index contributed by atoms with van der Waals surface area (Å²) in [6, 6.07) is 0.222. The number of nitrogens with two attached hydrogens (primary N) is 1. The highest BCUT2D eigenvalue weighted by atomic mass is 16.3. The van der Waals surface area contributed by atoms with Crippen LogP contribution >= 0.6 is 0 Å². The Labute approximate surface area is 87.3 Å². The minimum Gasteiger partial charge on any atom is -0.395 e. The summed E-state index contributed by atoms with van der Waals surface area (Å²) in [5.74, 6) is 0.802. The lowest BCUT2D eigenvalue weighted by Crippen LogP contribution is -2.52. The molecule has 0 radical (unpaired) electrons. The van der Waals surface area contributed by atoms with Crippen molar-refractivity contribution in [2.75, 3.05) is 19.7 Å². The largest absolute Gasteiger partial charge is 0.395 e. The molecule has 0 amide bonds. The van der Waals surface area contributed by atoms with E-state index in [0.29, 0.717) is 0 Å². The van der Waals surface area contributed by atoms with Crippen LogP contribution in [0.3, 0.4) is 0 Å². The van der Waals surface area contributed by atoms with Crippen LogP contribution in [-0.2, 0) is 0 Å². The maximum atomic E-state index is 9.29. The quantitative estimate of drug-likeness (QED) is 0.706. The molecule has 3 N–H and O–H groups in total. The highest BCUT2D eigenvalue weighted by molar-refractivity contribution is 4.83. The van der Waals surface area contributed by atoms with E-state index in [-0.39, 0.29) is 18.7 Å². The summed E-state index contributed by atoms with van der Waals surface area (Å²) in [4.78, 5) is 2.36. The van der Waals surface area contributed by atoms with E-state index in [9.17, 15) is 5.11 Å². The summed E-state index contributed by atoms with van der Waals surface area (Å²) < 4.78 is 0. The zero-order valence-corrected chi connectivity index (χ0v) is 9.45. The van der Waals surface area contributed by atoms with Crippen molar-refractivity contribution < 1.29 is 5.11 Å². The second-order valence-corrected chi connectivity index (χ2v) is 4.52. The van der Waals surface area contributed by atoms with Crippen LogP contribution in [0, 0.1) is 5.92 Å². The van der Waals surface area contributed by atoms with Crippen molar-refractivity contribution in [3.05, 3.63) is 0 Å². The molecule has 1 heterocycles. The number of hydrogen-bond acceptors (Lipinski definition) is 3. The fraction of sp³-hybridized carbons (Fsp3) is 1.00. The Balaban J connectivity index is 2.48. The van der Waals surface area contributed by atoms with Crippen LogP contribution in [0.15, 0.2) is 0 Å². The number of aliphatic hydroxyl groups excluding tert-OH is 1. The molecule has 1 aliphatic rings. The van der Waals surface area contributed by atoms with Gasteiger partial charge in [-0.25, -0.2) is 0 Å². The minimum absolute atomic E-state index is 0.0654. The number of likely N-dealkylation sites (tertiary alicyclic amines) is 1. The lowest BCUT2D eigenvalue weighted by molar-refractivity contribution is 0.0675. The van der Waals surface area contributed by atoms with Crippen LogP contribution in [0.2, 0.25) is 0 Å². The van der Waals surface area contributed by atoms with Gasteiger partial charge < -0.3 is 10.8 Å². The Morgan fingerprint density at radius 1 is 1.57 bits per heavy atom. The van der Waals surface area contributed by atoms with Gasteiger partial charge in [-0.15, -0.1) is 0 Å². The van der Waals surface area contributed by atoms with Gasteiger partial charge in [-0.3, -0.25) is 4.90 Å². The van der Waals surface area contributed by atoms with E-state index in [2.05, 4.69) is 11.8 Å². The zero-order valence-electron chi connectivity index (χ0n) is 9.45. The van der Waals surface area contributed by atoms with E-state index in [1.54, 1.807) is 0 Å². The monoisotopic (exact) mass is 200 g/mol. The van der Waals surface area contributed by atoms with E-state index < -0.39 is 0 Å². The first-order valence-corrected chi connectivity index (χ1v) is 5.79. The Hall–Kier alpha value is -0.120. The van der Waals surface area contributed by atoms with Crippen molar-refractivity contribution in [3.8, 4) is 0 Å². The Morgan fingerprint density at radius 3 is 2.79 bits per heavy atom. The van der Waals surface area contributed by atoms with Gasteiger partial charge in [0.25, 0.3) is 0 Å². The average Bonchev–Trinajstić information content (AvgIpc) is 2.19. The van der Waals surface area contributed by atoms with Gasteiger partial charge in [0.2, 0.25) is 0 Å². The molecule has 1 saturated heterocycles. The van der Waals surface area contributed by atoms with Gasteiger partial charge in [-0.2, -0.15) is 0 Å². The molecule has 0 spiro atoms. The normalized spacial score (nSPS) is 28.7. The third kappa shape index (κ3) is 2.94. The summed E-state index contributed by atoms with van der Waals surface area (Å²) in [7, 11) is 0. The maximum absolute atomic E-state index is 9.29. The third-order valence-corrected chi connectivity index (χ3v) is 3.39. The average molecular weight is 200 g/mol. The van der Waals surface area contributed by atoms with E-state index in [0.717, 1.165) is 19.0 Å². The van der Waals surface area contributed by atoms with Crippen LogP contribution in [-0.4, -0.2) is 41.8 Å². The predicted molar refractivity (Wildman–Crippen MR) is 59.1 cm³/mol. The van der Waals surface area contributed by atoms with E-state index >= 15 is 0 Å². The van der Waals surface area contributed by atoms with Crippen LogP contribution in [0.25, 0.3) is 0 Å². The molecular weight excluding hydrogens is 176 g/mol. The third-order valence-electron chi connectivity index (χ3n) is 3.39. The van der Waals surface area contributed by atoms with Crippen LogP contribution < -0.4 is 5.73 Å². The number of hydrogen-bond donors (Lipinski definition) is 2. The van der Waals surface area contributed by atoms with Crippen molar-refractivity contribution in [2.24, 2.45) is 11.7 Å². The molecule has 84 valence electrons. The summed E-state index contributed by atoms with van der Waals surface area (Å²) in [6.07, 6.45) is 3.83. The standard InChI is InChI=1S/C11H24N2O/c1-3-10-5-4-6-13(7-10)11(8-14)9(2)12/h9-11,14H,3-8,12H2,1-2H3. The number of piperidine rings is 1. The van der Waals surface area contributed by atoms with E-state index in [4.69, 9.17) is 5.73 Å². The molecule has 0 bridgehead atoms. The first-order chi connectivity index (χ1) is 6.69. The van der Waals surface area contributed by atoms with Gasteiger partial charge in [0.15, 0.2) is 0 Å². The maximum Gasteiger partial charge on any atom is 0.0601 e. The van der Waals surface area contributed by atoms with Crippen LogP contribution in [0.1, 0.15) is 33.1 Å². The fourth-order valence-electron chi connectivity index (χ4n) is 2.35. The number of rotatable bonds is 4. The molecule has 0 aliphatic carbocycles. The predicted octanol–water partition coefficient (Wildman–Crippen LogP) is 0.817. The molecule has 3 atom stereocenters. The van der Waals surface area contributed by atoms with Gasteiger partial charge in [-0.05, 0) is 32.2 Å². The molecular formula is C11H24N2O. The molecule has 1 rings (SSSR count). The minimum atomic E-state index is 0.0654. The molecule has 3 nitrogen and oxygen atoms in total. The van der Waals surface area contributed by atoms with Gasteiger partial charge in [0.1, 0.15) is 0 Å². The van der Waals surface area contributed by atoms with Gasteiger partial charge >= 0.3 is 0 Å². The fourth-order valence-corrected chi connectivity index (χ4v) is 2.35. The molecule has 1 aliphatic heterocycles. The Kier molecular flexibility index (Phi) is 4.85. The Morgan fingerprint density at radius 2 is 2.29 bits per heavy atom. The highest BCUT2D eigenvalue weighted by Crippen LogP contribution is 2.21. The molecule has 14 heavy (non-hydrogen) atoms. The first-order valence-electron chi connectivity index (χ1n) is 5.79. The van der Waals surface area contributed by atoms with Crippen molar-refractivity contribution >= 4 is 0 Å². The molecule has 0 aromatic carbocycles. The summed E-state index contributed by atoms with van der Waals surface area (Å²) in [5.41, 5.74) is 5.86. The van der Waals surface area contributed by atoms with Gasteiger partial charge in [0.05, 0.1) is 6.61 Å². The molecule has 3 heteroatoms. The van der Waals surface area contributed by atoms with Crippen LogP contribution in [0.5, 0.6) is 0 Å². The topological polar surface area (TPSA) is 49.5 Å². The van der Waals surface area contributed by atoms with Gasteiger partial charge in [0, 0.05) is 18.6 Å². The molecule has 3 unspecified atom stereocenters. The van der Waals surface area contributed by atoms with E-state index in [1.807, 2.05) is 6.92 Å². The van der Waals surface area contributed by atoms with Crippen molar-refractivity contribution in [3.63, 3.8) is 0 Å². The van der Waals surface area contributed by atoms with E-state index in [1.165, 1.54) is 19.3 Å². The zero-order chi connectivity index (χ0) is 10.6.